The Bertz CT molecular complexity index is 7600. The average Bonchev–Trinajstić information content (AvgIpc) is 1.51. The SMILES string of the molecule is [2H]c1c([2H])c([2H])c(-c2ccc3c(c2)N(c2cccc4c2oc2c(-c5ccc6c(c5)C(c5ccccc5)(c5ccccc5)c5ccccc5-6)cccc24)c2cc(-c4cc(C(C)(C)C)cc(C(C)(C)C)c4)cc4c2B3c2ccc(-c3c([2H])c([2H])c([2H])c([2H])c3[2H])cc2N4c2cccc3c2oc2c(-c4cccc5c4oc4ccccc45)cccc23)c([2H])c1[2H]. The van der Waals surface area contributed by atoms with Crippen molar-refractivity contribution >= 4 is 123 Å². The summed E-state index contributed by atoms with van der Waals surface area (Å²) in [6.45, 7) is 12.7. The number of nitrogens with zero attached hydrogens (tertiary/aromatic N) is 2. The van der Waals surface area contributed by atoms with E-state index >= 15 is 0 Å². The van der Waals surface area contributed by atoms with Crippen molar-refractivity contribution in [1.82, 2.24) is 0 Å². The van der Waals surface area contributed by atoms with Crippen molar-refractivity contribution in [2.24, 2.45) is 0 Å². The minimum Gasteiger partial charge on any atom is -0.455 e. The van der Waals surface area contributed by atoms with Gasteiger partial charge in [-0.2, -0.15) is 0 Å². The van der Waals surface area contributed by atoms with Gasteiger partial charge in [0.05, 0.1) is 30.5 Å². The van der Waals surface area contributed by atoms with E-state index in [-0.39, 0.29) is 46.1 Å². The molecule has 0 amide bonds. The molecule has 0 atom stereocenters. The van der Waals surface area contributed by atoms with Crippen LogP contribution in [-0.4, -0.2) is 6.71 Å². The summed E-state index contributed by atoms with van der Waals surface area (Å²) in [6.07, 6.45) is 0. The largest absolute Gasteiger partial charge is 0.455 e. The third-order valence-electron chi connectivity index (χ3n) is 23.6. The van der Waals surface area contributed by atoms with Gasteiger partial charge in [-0.05, 0) is 159 Å². The Balaban J connectivity index is 0.850. The highest BCUT2D eigenvalue weighted by Crippen LogP contribution is 2.58. The maximum absolute atomic E-state index is 9.63. The molecule has 16 aromatic carbocycles. The van der Waals surface area contributed by atoms with E-state index in [4.69, 9.17) is 21.5 Å². The highest BCUT2D eigenvalue weighted by molar-refractivity contribution is 7.00. The van der Waals surface area contributed by atoms with Gasteiger partial charge in [-0.15, -0.1) is 0 Å². The number of anilines is 6. The van der Waals surface area contributed by atoms with Gasteiger partial charge in [-0.3, -0.25) is 0 Å². The third-order valence-corrected chi connectivity index (χ3v) is 23.6. The van der Waals surface area contributed by atoms with Crippen LogP contribution >= 0.6 is 0 Å². The molecule has 0 N–H and O–H groups in total. The summed E-state index contributed by atoms with van der Waals surface area (Å²) in [5.41, 5.74) is 24.5. The van der Waals surface area contributed by atoms with Gasteiger partial charge in [-0.1, -0.05) is 339 Å². The fraction of sp³-hybridized carbons (Fsp3) is 0.0857. The lowest BCUT2D eigenvalue weighted by molar-refractivity contribution is 0.569. The fourth-order valence-electron chi connectivity index (χ4n) is 18.4. The second-order valence-electron chi connectivity index (χ2n) is 31.8. The molecular formula is C105H75BN2O3. The van der Waals surface area contributed by atoms with Crippen LogP contribution < -0.4 is 26.2 Å². The van der Waals surface area contributed by atoms with Crippen LogP contribution in [0.15, 0.2) is 359 Å². The van der Waals surface area contributed by atoms with Crippen LogP contribution in [0, 0.1) is 0 Å². The minimum atomic E-state index is -0.680. The molecule has 3 aliphatic rings. The molecule has 2 aliphatic heterocycles. The Kier molecular flexibility index (Phi) is 12.1. The van der Waals surface area contributed by atoms with Gasteiger partial charge in [0.2, 0.25) is 0 Å². The molecule has 3 aromatic heterocycles. The van der Waals surface area contributed by atoms with E-state index < -0.39 is 48.4 Å². The number of benzene rings is 16. The molecule has 5 nitrogen and oxygen atoms in total. The smallest absolute Gasteiger partial charge is 0.252 e. The van der Waals surface area contributed by atoms with Crippen molar-refractivity contribution in [3.8, 4) is 66.8 Å². The van der Waals surface area contributed by atoms with Gasteiger partial charge in [0.25, 0.3) is 6.71 Å². The standard InChI is InChI=1S/C105H75BN2O3/c1-103(2,3)73-56-69(57-74(63-73)104(4,5)6)70-61-94-97-95(62-70)108(91-48-27-45-85-83-43-25-42-81(100(83)111-102(85)91)80-41-24-39-79-78-37-20-22-49-96(78)109-99(79)80)93-60-67(65-30-13-8-14-31-65)52-55-89(93)106(97)88-54-51-66(64-28-11-7-12-29-64)59-92(88)107(94)90-47-26-44-84-82-40-23-38-75(98(82)110-101(84)90)68-50-53-77-76-36-19-21-46-86(76)105(87(77)58-68,71-32-15-9-16-33-71)72-34-17-10-18-35-72/h7-63H,1-6H3/i7D,8D,11D,12D,13D,14D,28D,29D,30D,31D. The van der Waals surface area contributed by atoms with Gasteiger partial charge < -0.3 is 23.1 Å². The highest BCUT2D eigenvalue weighted by atomic mass is 16.3. The van der Waals surface area contributed by atoms with Crippen LogP contribution in [0.25, 0.3) is 133 Å². The lowest BCUT2D eigenvalue weighted by Crippen LogP contribution is -2.61. The Morgan fingerprint density at radius 3 is 1.25 bits per heavy atom. The van der Waals surface area contributed by atoms with Gasteiger partial charge in [0.15, 0.2) is 11.2 Å². The third kappa shape index (κ3) is 9.76. The van der Waals surface area contributed by atoms with Crippen molar-refractivity contribution in [1.29, 1.82) is 0 Å². The zero-order chi connectivity index (χ0) is 82.9. The predicted octanol–water partition coefficient (Wildman–Crippen LogP) is 26.8. The number of fused-ring (bicyclic) bond motifs is 16. The summed E-state index contributed by atoms with van der Waals surface area (Å²) in [6, 6.07) is 95.4. The molecule has 5 heterocycles. The molecule has 0 fully saturated rings. The first kappa shape index (κ1) is 55.1. The Labute approximate surface area is 659 Å². The highest BCUT2D eigenvalue weighted by Gasteiger charge is 2.48. The van der Waals surface area contributed by atoms with Crippen LogP contribution in [0.5, 0.6) is 0 Å². The molecule has 111 heavy (non-hydrogen) atoms. The molecule has 526 valence electrons. The minimum absolute atomic E-state index is 0.0313. The number of para-hydroxylation sites is 6. The van der Waals surface area contributed by atoms with Crippen molar-refractivity contribution < 1.29 is 27.0 Å². The van der Waals surface area contributed by atoms with E-state index in [9.17, 15) is 5.48 Å². The number of rotatable bonds is 9. The summed E-state index contributed by atoms with van der Waals surface area (Å²) in [5, 5.41) is 5.39. The lowest BCUT2D eigenvalue weighted by atomic mass is 9.33. The molecule has 22 rings (SSSR count). The molecule has 0 spiro atoms. The molecule has 0 saturated heterocycles. The first-order chi connectivity index (χ1) is 58.5. The summed E-state index contributed by atoms with van der Waals surface area (Å²) >= 11 is 0. The van der Waals surface area contributed by atoms with E-state index in [2.05, 4.69) is 276 Å². The van der Waals surface area contributed by atoms with Crippen LogP contribution in [-0.2, 0) is 16.2 Å². The Hall–Kier alpha value is -13.4. The monoisotopic (exact) mass is 1430 g/mol. The normalized spacial score (nSPS) is 14.8. The summed E-state index contributed by atoms with van der Waals surface area (Å²) in [7, 11) is 0. The zero-order valence-corrected chi connectivity index (χ0v) is 61.8. The van der Waals surface area contributed by atoms with Crippen LogP contribution in [0.3, 0.4) is 0 Å². The van der Waals surface area contributed by atoms with E-state index in [1.54, 1.807) is 0 Å². The summed E-state index contributed by atoms with van der Waals surface area (Å²) < 4.78 is 115. The molecule has 1 aliphatic carbocycles. The van der Waals surface area contributed by atoms with Crippen molar-refractivity contribution in [3.63, 3.8) is 0 Å². The van der Waals surface area contributed by atoms with E-state index in [0.29, 0.717) is 56.2 Å². The van der Waals surface area contributed by atoms with E-state index in [1.165, 1.54) is 11.1 Å². The molecule has 0 unspecified atom stereocenters. The average molecular weight is 1430 g/mol. The molecule has 0 saturated carbocycles. The quantitative estimate of drug-likeness (QED) is 0.135. The Morgan fingerprint density at radius 2 is 0.703 bits per heavy atom. The van der Waals surface area contributed by atoms with Crippen molar-refractivity contribution in [2.45, 2.75) is 57.8 Å². The van der Waals surface area contributed by atoms with Gasteiger partial charge in [-0.25, -0.2) is 0 Å². The van der Waals surface area contributed by atoms with E-state index in [1.807, 2.05) is 60.7 Å². The van der Waals surface area contributed by atoms with Gasteiger partial charge in [0.1, 0.15) is 22.3 Å². The second kappa shape index (κ2) is 24.3. The first-order valence-electron chi connectivity index (χ1n) is 43.0. The number of furan rings is 3. The first-order valence-corrected chi connectivity index (χ1v) is 38.0. The number of hydrogen-bond donors (Lipinski definition) is 0. The topological polar surface area (TPSA) is 45.9 Å². The maximum Gasteiger partial charge on any atom is 0.252 e. The summed E-state index contributed by atoms with van der Waals surface area (Å²) in [4.78, 5) is 4.50. The van der Waals surface area contributed by atoms with Crippen molar-refractivity contribution in [3.05, 3.63) is 379 Å². The predicted molar refractivity (Wildman–Crippen MR) is 464 cm³/mol. The molecule has 0 bridgehead atoms. The second-order valence-corrected chi connectivity index (χ2v) is 31.8. The summed E-state index contributed by atoms with van der Waals surface area (Å²) in [5.74, 6) is 0. The zero-order valence-electron chi connectivity index (χ0n) is 71.8. The lowest BCUT2D eigenvalue weighted by Gasteiger charge is -2.44. The molecule has 6 heteroatoms. The van der Waals surface area contributed by atoms with Gasteiger partial charge >= 0.3 is 0 Å². The van der Waals surface area contributed by atoms with Crippen LogP contribution in [0.4, 0.5) is 34.1 Å². The fourth-order valence-corrected chi connectivity index (χ4v) is 18.4. The molecule has 0 radical (unpaired) electrons. The van der Waals surface area contributed by atoms with Gasteiger partial charge in [0, 0.05) is 71.8 Å². The Morgan fingerprint density at radius 1 is 0.288 bits per heavy atom. The molecule has 19 aromatic rings. The molecular weight excluding hydrogens is 1350 g/mol. The van der Waals surface area contributed by atoms with Crippen LogP contribution in [0.1, 0.15) is 88.6 Å². The number of hydrogen-bond acceptors (Lipinski definition) is 5. The van der Waals surface area contributed by atoms with Crippen molar-refractivity contribution in [2.75, 3.05) is 9.80 Å². The maximum atomic E-state index is 9.63. The van der Waals surface area contributed by atoms with E-state index in [0.717, 1.165) is 138 Å². The van der Waals surface area contributed by atoms with Crippen LogP contribution in [0.2, 0.25) is 0 Å².